The second kappa shape index (κ2) is 12.1. The molecule has 1 atom stereocenters. The predicted octanol–water partition coefficient (Wildman–Crippen LogP) is 12.9. The van der Waals surface area contributed by atoms with Crippen molar-refractivity contribution in [2.75, 3.05) is 0 Å². The standard InChI is InChI=1S/C51H34N2O/c1-3-16-34(17-4-1)45-32-46(35-18-5-2-6-19-35)53-50(52-45)49-37-20-8-7-15-33(37)27-29-38(49)36-28-30-44-48(31-36)54-47-26-14-13-25-43(47)51(44)41-23-11-9-21-39(41)40-22-10-12-24-42(40)51/h1-11,13-23,25-32H,12,24H2. The summed E-state index contributed by atoms with van der Waals surface area (Å²) in [5.41, 5.74) is 14.4. The SMILES string of the molecule is C1=CC2=C(CC1)C1(c3ccccc3Oc3cc(-c4ccc5ccccc5c4-c4nc(-c5ccccc5)cc(-c5ccccc5)n4)ccc31)c1ccccc12. The minimum atomic E-state index is -0.427. The van der Waals surface area contributed by atoms with Crippen LogP contribution in [0.25, 0.3) is 61.4 Å². The number of para-hydroxylation sites is 1. The van der Waals surface area contributed by atoms with E-state index in [9.17, 15) is 0 Å². The smallest absolute Gasteiger partial charge is 0.161 e. The van der Waals surface area contributed by atoms with E-state index in [1.165, 1.54) is 33.4 Å². The molecule has 8 aromatic rings. The van der Waals surface area contributed by atoms with Gasteiger partial charge in [-0.05, 0) is 75.2 Å². The molecule has 3 nitrogen and oxygen atoms in total. The Bertz CT molecular complexity index is 2800. The minimum absolute atomic E-state index is 0.427. The molecule has 0 saturated heterocycles. The number of benzene rings is 7. The number of aromatic nitrogens is 2. The lowest BCUT2D eigenvalue weighted by molar-refractivity contribution is 0.432. The van der Waals surface area contributed by atoms with Crippen molar-refractivity contribution in [1.82, 2.24) is 9.97 Å². The van der Waals surface area contributed by atoms with Crippen LogP contribution in [-0.2, 0) is 5.41 Å². The summed E-state index contributed by atoms with van der Waals surface area (Å²) in [6.07, 6.45) is 6.69. The number of hydrogen-bond donors (Lipinski definition) is 0. The van der Waals surface area contributed by atoms with Gasteiger partial charge >= 0.3 is 0 Å². The maximum Gasteiger partial charge on any atom is 0.161 e. The van der Waals surface area contributed by atoms with E-state index in [1.807, 2.05) is 12.1 Å². The zero-order valence-corrected chi connectivity index (χ0v) is 29.5. The van der Waals surface area contributed by atoms with Gasteiger partial charge in [0.2, 0.25) is 0 Å². The molecule has 7 aromatic carbocycles. The van der Waals surface area contributed by atoms with Crippen LogP contribution in [0.2, 0.25) is 0 Å². The summed E-state index contributed by atoms with van der Waals surface area (Å²) in [5, 5.41) is 2.24. The van der Waals surface area contributed by atoms with Gasteiger partial charge in [0.1, 0.15) is 11.5 Å². The topological polar surface area (TPSA) is 35.0 Å². The van der Waals surface area contributed by atoms with Crippen molar-refractivity contribution in [2.24, 2.45) is 0 Å². The Morgan fingerprint density at radius 1 is 0.500 bits per heavy atom. The molecule has 1 spiro atoms. The maximum atomic E-state index is 6.94. The Kier molecular flexibility index (Phi) is 6.90. The van der Waals surface area contributed by atoms with Gasteiger partial charge in [-0.1, -0.05) is 164 Å². The lowest BCUT2D eigenvalue weighted by Crippen LogP contribution is -2.33. The molecule has 11 rings (SSSR count). The van der Waals surface area contributed by atoms with Gasteiger partial charge in [-0.25, -0.2) is 9.97 Å². The highest BCUT2D eigenvalue weighted by molar-refractivity contribution is 6.03. The monoisotopic (exact) mass is 690 g/mol. The van der Waals surface area contributed by atoms with Gasteiger partial charge in [-0.3, -0.25) is 0 Å². The molecular weight excluding hydrogens is 657 g/mol. The fourth-order valence-electron chi connectivity index (χ4n) is 9.17. The number of hydrogen-bond acceptors (Lipinski definition) is 3. The molecule has 0 bridgehead atoms. The summed E-state index contributed by atoms with van der Waals surface area (Å²) >= 11 is 0. The Hall–Kier alpha value is -6.84. The van der Waals surface area contributed by atoms with E-state index in [0.717, 1.165) is 74.3 Å². The fraction of sp³-hybridized carbons (Fsp3) is 0.0588. The number of allylic oxidation sites excluding steroid dienone is 4. The summed E-state index contributed by atoms with van der Waals surface area (Å²) < 4.78 is 6.94. The first-order valence-electron chi connectivity index (χ1n) is 18.7. The van der Waals surface area contributed by atoms with E-state index in [-0.39, 0.29) is 0 Å². The first-order chi connectivity index (χ1) is 26.8. The highest BCUT2D eigenvalue weighted by atomic mass is 16.5. The summed E-state index contributed by atoms with van der Waals surface area (Å²) in [6.45, 7) is 0. The number of fused-ring (bicyclic) bond motifs is 9. The van der Waals surface area contributed by atoms with Gasteiger partial charge in [0.15, 0.2) is 5.82 Å². The van der Waals surface area contributed by atoms with Crippen LogP contribution in [0.3, 0.4) is 0 Å². The van der Waals surface area contributed by atoms with Gasteiger partial charge < -0.3 is 4.74 Å². The first-order valence-corrected chi connectivity index (χ1v) is 18.7. The zero-order valence-electron chi connectivity index (χ0n) is 29.5. The lowest BCUT2D eigenvalue weighted by atomic mass is 9.64. The van der Waals surface area contributed by atoms with E-state index in [0.29, 0.717) is 5.82 Å². The van der Waals surface area contributed by atoms with Crippen molar-refractivity contribution < 1.29 is 4.74 Å². The molecule has 3 heteroatoms. The molecule has 0 N–H and O–H groups in total. The number of nitrogens with zero attached hydrogens (tertiary/aromatic N) is 2. The van der Waals surface area contributed by atoms with Crippen molar-refractivity contribution >= 4 is 16.3 Å². The van der Waals surface area contributed by atoms with E-state index in [2.05, 4.69) is 170 Å². The van der Waals surface area contributed by atoms with E-state index >= 15 is 0 Å². The molecular formula is C51H34N2O. The lowest BCUT2D eigenvalue weighted by Gasteiger charge is -2.41. The molecule has 1 aliphatic heterocycles. The van der Waals surface area contributed by atoms with Crippen LogP contribution in [0, 0.1) is 0 Å². The van der Waals surface area contributed by atoms with Crippen LogP contribution in [0.4, 0.5) is 0 Å². The normalized spacial score (nSPS) is 16.4. The van der Waals surface area contributed by atoms with Crippen LogP contribution in [-0.4, -0.2) is 9.97 Å². The van der Waals surface area contributed by atoms with Gasteiger partial charge in [0.05, 0.1) is 16.8 Å². The summed E-state index contributed by atoms with van der Waals surface area (Å²) in [4.78, 5) is 10.7. The molecule has 2 aliphatic carbocycles. The molecule has 0 fully saturated rings. The second-order valence-corrected chi connectivity index (χ2v) is 14.3. The third-order valence-electron chi connectivity index (χ3n) is 11.5. The second-order valence-electron chi connectivity index (χ2n) is 14.3. The number of rotatable bonds is 4. The highest BCUT2D eigenvalue weighted by Crippen LogP contribution is 2.63. The van der Waals surface area contributed by atoms with Crippen LogP contribution in [0.15, 0.2) is 188 Å². The van der Waals surface area contributed by atoms with Crippen LogP contribution < -0.4 is 4.74 Å². The van der Waals surface area contributed by atoms with Crippen molar-refractivity contribution in [2.45, 2.75) is 18.3 Å². The first kappa shape index (κ1) is 30.8. The molecule has 3 aliphatic rings. The Balaban J connectivity index is 1.16. The van der Waals surface area contributed by atoms with Gasteiger partial charge in [-0.2, -0.15) is 0 Å². The molecule has 1 aromatic heterocycles. The van der Waals surface area contributed by atoms with E-state index < -0.39 is 5.41 Å². The third-order valence-corrected chi connectivity index (χ3v) is 11.5. The average Bonchev–Trinajstić information content (AvgIpc) is 3.54. The molecule has 0 saturated carbocycles. The molecule has 1 unspecified atom stereocenters. The molecule has 0 amide bonds. The minimum Gasteiger partial charge on any atom is -0.457 e. The van der Waals surface area contributed by atoms with Crippen molar-refractivity contribution in [1.29, 1.82) is 0 Å². The van der Waals surface area contributed by atoms with E-state index in [4.69, 9.17) is 14.7 Å². The molecule has 2 heterocycles. The van der Waals surface area contributed by atoms with Crippen LogP contribution in [0.5, 0.6) is 11.5 Å². The summed E-state index contributed by atoms with van der Waals surface area (Å²) in [7, 11) is 0. The number of ether oxygens (including phenoxy) is 1. The highest BCUT2D eigenvalue weighted by Gasteiger charge is 2.52. The van der Waals surface area contributed by atoms with Crippen LogP contribution >= 0.6 is 0 Å². The van der Waals surface area contributed by atoms with Crippen LogP contribution in [0.1, 0.15) is 35.1 Å². The summed E-state index contributed by atoms with van der Waals surface area (Å²) in [6, 6.07) is 60.3. The Morgan fingerprint density at radius 3 is 1.96 bits per heavy atom. The van der Waals surface area contributed by atoms with E-state index in [1.54, 1.807) is 0 Å². The van der Waals surface area contributed by atoms with Crippen molar-refractivity contribution in [3.05, 3.63) is 210 Å². The summed E-state index contributed by atoms with van der Waals surface area (Å²) in [5.74, 6) is 2.48. The predicted molar refractivity (Wildman–Crippen MR) is 219 cm³/mol. The van der Waals surface area contributed by atoms with Gasteiger partial charge in [0, 0.05) is 27.8 Å². The van der Waals surface area contributed by atoms with Crippen molar-refractivity contribution in [3.8, 4) is 56.5 Å². The quantitative estimate of drug-likeness (QED) is 0.184. The van der Waals surface area contributed by atoms with Crippen molar-refractivity contribution in [3.63, 3.8) is 0 Å². The molecule has 54 heavy (non-hydrogen) atoms. The maximum absolute atomic E-state index is 6.94. The fourth-order valence-corrected chi connectivity index (χ4v) is 9.17. The Labute approximate surface area is 314 Å². The van der Waals surface area contributed by atoms with Gasteiger partial charge in [0.25, 0.3) is 0 Å². The molecule has 0 radical (unpaired) electrons. The molecule has 254 valence electrons. The third kappa shape index (κ3) is 4.55. The largest absolute Gasteiger partial charge is 0.457 e. The zero-order chi connectivity index (χ0) is 35.6. The van der Waals surface area contributed by atoms with Gasteiger partial charge in [-0.15, -0.1) is 0 Å². The Morgan fingerprint density at radius 2 is 1.17 bits per heavy atom. The average molecular weight is 691 g/mol.